The summed E-state index contributed by atoms with van der Waals surface area (Å²) in [6.45, 7) is 2.31. The molecule has 0 aromatic heterocycles. The summed E-state index contributed by atoms with van der Waals surface area (Å²) in [5.41, 5.74) is 1.30. The van der Waals surface area contributed by atoms with Gasteiger partial charge in [-0.3, -0.25) is 4.79 Å². The molecule has 24 heavy (non-hydrogen) atoms. The third kappa shape index (κ3) is 4.71. The van der Waals surface area contributed by atoms with Crippen LogP contribution in [0.25, 0.3) is 11.1 Å². The van der Waals surface area contributed by atoms with E-state index in [1.807, 2.05) is 0 Å². The van der Waals surface area contributed by atoms with Gasteiger partial charge in [-0.05, 0) is 64.7 Å². The first-order valence-electron chi connectivity index (χ1n) is 7.58. The standard InChI is InChI=1S/C18H18BrFO4/c1-2-23-16(22)7-4-10-24-15-9-8-14(17(19)18(15)20)12-5-3-6-13(21)11-12/h3,5-6,8-9,11,21H,2,4,7,10H2,1H3. The zero-order chi connectivity index (χ0) is 17.5. The molecule has 2 aromatic rings. The first-order valence-corrected chi connectivity index (χ1v) is 8.38. The average molecular weight is 397 g/mol. The van der Waals surface area contributed by atoms with Crippen molar-refractivity contribution in [1.82, 2.24) is 0 Å². The van der Waals surface area contributed by atoms with Gasteiger partial charge in [0.05, 0.1) is 17.7 Å². The van der Waals surface area contributed by atoms with Crippen molar-refractivity contribution in [3.05, 3.63) is 46.7 Å². The summed E-state index contributed by atoms with van der Waals surface area (Å²) in [6.07, 6.45) is 0.683. The minimum Gasteiger partial charge on any atom is -0.508 e. The number of hydrogen-bond acceptors (Lipinski definition) is 4. The van der Waals surface area contributed by atoms with Crippen molar-refractivity contribution in [3.8, 4) is 22.6 Å². The van der Waals surface area contributed by atoms with Gasteiger partial charge >= 0.3 is 5.97 Å². The molecule has 0 heterocycles. The van der Waals surface area contributed by atoms with Crippen LogP contribution in [-0.4, -0.2) is 24.3 Å². The van der Waals surface area contributed by atoms with E-state index in [0.29, 0.717) is 24.2 Å². The van der Waals surface area contributed by atoms with Crippen molar-refractivity contribution >= 4 is 21.9 Å². The number of aromatic hydroxyl groups is 1. The Balaban J connectivity index is 2.03. The molecule has 2 rings (SSSR count). The molecule has 0 radical (unpaired) electrons. The number of phenolic OH excluding ortho intramolecular Hbond substituents is 1. The van der Waals surface area contributed by atoms with Crippen molar-refractivity contribution in [3.63, 3.8) is 0 Å². The van der Waals surface area contributed by atoms with Gasteiger partial charge in [0.1, 0.15) is 5.75 Å². The van der Waals surface area contributed by atoms with E-state index in [2.05, 4.69) is 15.9 Å². The predicted octanol–water partition coefficient (Wildman–Crippen LogP) is 4.68. The second kappa shape index (κ2) is 8.68. The molecular formula is C18H18BrFO4. The molecule has 0 bridgehead atoms. The number of phenols is 1. The normalized spacial score (nSPS) is 10.5. The molecule has 0 fully saturated rings. The average Bonchev–Trinajstić information content (AvgIpc) is 2.55. The highest BCUT2D eigenvalue weighted by Crippen LogP contribution is 2.36. The molecule has 4 nitrogen and oxygen atoms in total. The Kier molecular flexibility index (Phi) is 6.61. The van der Waals surface area contributed by atoms with E-state index in [-0.39, 0.29) is 35.0 Å². The minimum absolute atomic E-state index is 0.106. The van der Waals surface area contributed by atoms with Crippen LogP contribution < -0.4 is 4.74 Å². The lowest BCUT2D eigenvalue weighted by molar-refractivity contribution is -0.143. The van der Waals surface area contributed by atoms with Crippen LogP contribution >= 0.6 is 15.9 Å². The highest BCUT2D eigenvalue weighted by molar-refractivity contribution is 9.10. The first kappa shape index (κ1) is 18.3. The number of carbonyl (C=O) groups excluding carboxylic acids is 1. The fourth-order valence-electron chi connectivity index (χ4n) is 2.17. The second-order valence-electron chi connectivity index (χ2n) is 5.05. The Hall–Kier alpha value is -2.08. The Bertz CT molecular complexity index is 718. The number of halogens is 2. The molecule has 1 N–H and O–H groups in total. The third-order valence-electron chi connectivity index (χ3n) is 3.29. The lowest BCUT2D eigenvalue weighted by atomic mass is 10.1. The fourth-order valence-corrected chi connectivity index (χ4v) is 2.73. The van der Waals surface area contributed by atoms with Crippen LogP contribution in [0.2, 0.25) is 0 Å². The molecular weight excluding hydrogens is 379 g/mol. The molecule has 2 aromatic carbocycles. The molecule has 0 amide bonds. The Morgan fingerprint density at radius 3 is 2.79 bits per heavy atom. The predicted molar refractivity (Wildman–Crippen MR) is 92.6 cm³/mol. The van der Waals surface area contributed by atoms with Gasteiger partial charge in [0.25, 0.3) is 0 Å². The number of benzene rings is 2. The van der Waals surface area contributed by atoms with Gasteiger partial charge in [-0.25, -0.2) is 4.39 Å². The van der Waals surface area contributed by atoms with Crippen LogP contribution in [0.3, 0.4) is 0 Å². The molecule has 0 unspecified atom stereocenters. The number of carbonyl (C=O) groups is 1. The quantitative estimate of drug-likeness (QED) is 0.545. The summed E-state index contributed by atoms with van der Waals surface area (Å²) in [7, 11) is 0. The van der Waals surface area contributed by atoms with Gasteiger partial charge in [-0.1, -0.05) is 12.1 Å². The van der Waals surface area contributed by atoms with Crippen molar-refractivity contribution < 1.29 is 23.8 Å². The summed E-state index contributed by atoms with van der Waals surface area (Å²) in [5, 5.41) is 9.54. The second-order valence-corrected chi connectivity index (χ2v) is 5.84. The smallest absolute Gasteiger partial charge is 0.305 e. The van der Waals surface area contributed by atoms with Gasteiger partial charge in [0.15, 0.2) is 11.6 Å². The molecule has 0 aliphatic heterocycles. The number of ether oxygens (including phenoxy) is 2. The van der Waals surface area contributed by atoms with Crippen LogP contribution in [0.1, 0.15) is 19.8 Å². The Morgan fingerprint density at radius 2 is 2.08 bits per heavy atom. The molecule has 0 aliphatic carbocycles. The summed E-state index contributed by atoms with van der Waals surface area (Å²) in [4.78, 5) is 11.2. The number of hydrogen-bond donors (Lipinski definition) is 1. The maximum Gasteiger partial charge on any atom is 0.305 e. The van der Waals surface area contributed by atoms with Crippen LogP contribution in [0.4, 0.5) is 4.39 Å². The van der Waals surface area contributed by atoms with Gasteiger partial charge in [-0.2, -0.15) is 0 Å². The molecule has 0 saturated carbocycles. The zero-order valence-corrected chi connectivity index (χ0v) is 14.8. The van der Waals surface area contributed by atoms with Gasteiger partial charge in [-0.15, -0.1) is 0 Å². The van der Waals surface area contributed by atoms with Crippen molar-refractivity contribution in [2.24, 2.45) is 0 Å². The lowest BCUT2D eigenvalue weighted by Crippen LogP contribution is -2.07. The fraction of sp³-hybridized carbons (Fsp3) is 0.278. The number of esters is 1. The molecule has 0 spiro atoms. The highest BCUT2D eigenvalue weighted by Gasteiger charge is 2.14. The zero-order valence-electron chi connectivity index (χ0n) is 13.2. The maximum atomic E-state index is 14.4. The van der Waals surface area contributed by atoms with Crippen molar-refractivity contribution in [1.29, 1.82) is 0 Å². The van der Waals surface area contributed by atoms with Gasteiger partial charge < -0.3 is 14.6 Å². The van der Waals surface area contributed by atoms with E-state index in [4.69, 9.17) is 9.47 Å². The van der Waals surface area contributed by atoms with Crippen molar-refractivity contribution in [2.75, 3.05) is 13.2 Å². The van der Waals surface area contributed by atoms with E-state index in [1.165, 1.54) is 6.07 Å². The van der Waals surface area contributed by atoms with Crippen LogP contribution in [-0.2, 0) is 9.53 Å². The summed E-state index contributed by atoms with van der Waals surface area (Å²) < 4.78 is 24.9. The van der Waals surface area contributed by atoms with Crippen LogP contribution in [0.15, 0.2) is 40.9 Å². The molecule has 0 aliphatic rings. The maximum absolute atomic E-state index is 14.4. The summed E-state index contributed by atoms with van der Waals surface area (Å²) in [5.74, 6) is -0.595. The van der Waals surface area contributed by atoms with E-state index >= 15 is 0 Å². The Labute approximate surface area is 148 Å². The Morgan fingerprint density at radius 1 is 1.29 bits per heavy atom. The lowest BCUT2D eigenvalue weighted by Gasteiger charge is -2.11. The van der Waals surface area contributed by atoms with Crippen LogP contribution in [0, 0.1) is 5.82 Å². The van der Waals surface area contributed by atoms with Crippen molar-refractivity contribution in [2.45, 2.75) is 19.8 Å². The van der Waals surface area contributed by atoms with E-state index in [1.54, 1.807) is 37.3 Å². The first-order chi connectivity index (χ1) is 11.5. The SMILES string of the molecule is CCOC(=O)CCCOc1ccc(-c2cccc(O)c2)c(Br)c1F. The summed E-state index contributed by atoms with van der Waals surface area (Å²) in [6, 6.07) is 9.81. The van der Waals surface area contributed by atoms with E-state index in [9.17, 15) is 14.3 Å². The largest absolute Gasteiger partial charge is 0.508 e. The summed E-state index contributed by atoms with van der Waals surface area (Å²) >= 11 is 3.23. The molecule has 0 saturated heterocycles. The van der Waals surface area contributed by atoms with E-state index < -0.39 is 5.82 Å². The molecule has 6 heteroatoms. The monoisotopic (exact) mass is 396 g/mol. The topological polar surface area (TPSA) is 55.8 Å². The van der Waals surface area contributed by atoms with Gasteiger partial charge in [0, 0.05) is 6.42 Å². The molecule has 128 valence electrons. The van der Waals surface area contributed by atoms with Crippen LogP contribution in [0.5, 0.6) is 11.5 Å². The van der Waals surface area contributed by atoms with E-state index in [0.717, 1.165) is 0 Å². The third-order valence-corrected chi connectivity index (χ3v) is 4.07. The minimum atomic E-state index is -0.521. The number of rotatable bonds is 7. The highest BCUT2D eigenvalue weighted by atomic mass is 79.9. The van der Waals surface area contributed by atoms with Gasteiger partial charge in [0.2, 0.25) is 0 Å². The molecule has 0 atom stereocenters.